The molecule has 0 fully saturated rings. The van der Waals surface area contributed by atoms with Crippen molar-refractivity contribution in [3.8, 4) is 0 Å². The molecule has 0 saturated carbocycles. The van der Waals surface area contributed by atoms with Crippen LogP contribution in [0.5, 0.6) is 0 Å². The maximum absolute atomic E-state index is 12.6. The molecule has 114 valence electrons. The molecule has 3 aromatic rings. The van der Waals surface area contributed by atoms with Crippen molar-refractivity contribution in [2.75, 3.05) is 0 Å². The quantitative estimate of drug-likeness (QED) is 0.377. The summed E-state index contributed by atoms with van der Waals surface area (Å²) in [5.74, 6) is -0.471. The second-order valence-electron chi connectivity index (χ2n) is 4.84. The SMILES string of the molecule is O=C(/C=C/c1ccccc1)n1c(=S)[nH]c2ccc(I)cc2c1=O. The van der Waals surface area contributed by atoms with Crippen LogP contribution in [0.25, 0.3) is 17.0 Å². The van der Waals surface area contributed by atoms with Gasteiger partial charge in [0.05, 0.1) is 10.9 Å². The van der Waals surface area contributed by atoms with Gasteiger partial charge in [-0.1, -0.05) is 30.3 Å². The molecule has 2 aromatic carbocycles. The minimum absolute atomic E-state index is 0.0893. The zero-order chi connectivity index (χ0) is 16.4. The Morgan fingerprint density at radius 3 is 2.65 bits per heavy atom. The van der Waals surface area contributed by atoms with Gasteiger partial charge in [0.1, 0.15) is 0 Å². The molecule has 1 N–H and O–H groups in total. The van der Waals surface area contributed by atoms with Crippen LogP contribution in [-0.4, -0.2) is 15.5 Å². The standard InChI is InChI=1S/C17H11IN2O2S/c18-12-7-8-14-13(10-12)16(22)20(17(23)19-14)15(21)9-6-11-4-2-1-3-5-11/h1-10H,(H,19,23)/b9-6+. The number of hydrogen-bond acceptors (Lipinski definition) is 3. The fourth-order valence-electron chi connectivity index (χ4n) is 2.19. The summed E-state index contributed by atoms with van der Waals surface area (Å²) in [7, 11) is 0. The van der Waals surface area contributed by atoms with E-state index in [1.807, 2.05) is 36.4 Å². The first-order valence-corrected chi connectivity index (χ1v) is 8.27. The molecule has 0 saturated heterocycles. The lowest BCUT2D eigenvalue weighted by Crippen LogP contribution is -2.27. The van der Waals surface area contributed by atoms with Crippen molar-refractivity contribution in [1.29, 1.82) is 0 Å². The van der Waals surface area contributed by atoms with Crippen LogP contribution in [-0.2, 0) is 0 Å². The zero-order valence-electron chi connectivity index (χ0n) is 11.8. The summed E-state index contributed by atoms with van der Waals surface area (Å²) in [6.07, 6.45) is 3.00. The molecule has 0 amide bonds. The first kappa shape index (κ1) is 15.8. The van der Waals surface area contributed by atoms with Crippen LogP contribution < -0.4 is 5.56 Å². The second kappa shape index (κ2) is 6.59. The maximum atomic E-state index is 12.6. The summed E-state index contributed by atoms with van der Waals surface area (Å²) >= 11 is 7.28. The van der Waals surface area contributed by atoms with Crippen LogP contribution in [0.3, 0.4) is 0 Å². The van der Waals surface area contributed by atoms with Crippen molar-refractivity contribution in [3.05, 3.63) is 78.9 Å². The smallest absolute Gasteiger partial charge is 0.269 e. The number of nitrogens with zero attached hydrogens (tertiary/aromatic N) is 1. The Balaban J connectivity index is 2.09. The minimum atomic E-state index is -0.471. The molecule has 23 heavy (non-hydrogen) atoms. The number of fused-ring (bicyclic) bond motifs is 1. The van der Waals surface area contributed by atoms with Crippen LogP contribution in [0.4, 0.5) is 0 Å². The van der Waals surface area contributed by atoms with Gasteiger partial charge in [-0.05, 0) is 64.6 Å². The number of allylic oxidation sites excluding steroid dienone is 1. The van der Waals surface area contributed by atoms with Gasteiger partial charge in [0.2, 0.25) is 0 Å². The lowest BCUT2D eigenvalue weighted by molar-refractivity contribution is 0.0963. The van der Waals surface area contributed by atoms with Crippen molar-refractivity contribution in [2.24, 2.45) is 0 Å². The number of carbonyl (C=O) groups excluding carboxylic acids is 1. The molecule has 0 bridgehead atoms. The van der Waals surface area contributed by atoms with Gasteiger partial charge in [-0.15, -0.1) is 0 Å². The number of hydrogen-bond donors (Lipinski definition) is 1. The van der Waals surface area contributed by atoms with Gasteiger partial charge >= 0.3 is 0 Å². The number of rotatable bonds is 2. The molecular formula is C17H11IN2O2S. The van der Waals surface area contributed by atoms with Crippen LogP contribution in [0.15, 0.2) is 59.4 Å². The van der Waals surface area contributed by atoms with Crippen molar-refractivity contribution in [1.82, 2.24) is 9.55 Å². The largest absolute Gasteiger partial charge is 0.331 e. The van der Waals surface area contributed by atoms with E-state index in [-0.39, 0.29) is 4.77 Å². The van der Waals surface area contributed by atoms with E-state index in [1.165, 1.54) is 6.08 Å². The van der Waals surface area contributed by atoms with Crippen LogP contribution in [0.2, 0.25) is 0 Å². The van der Waals surface area contributed by atoms with Gasteiger partial charge in [-0.2, -0.15) is 0 Å². The molecule has 1 aromatic heterocycles. The normalized spacial score (nSPS) is 11.2. The summed E-state index contributed by atoms with van der Waals surface area (Å²) in [6, 6.07) is 14.8. The number of benzene rings is 2. The van der Waals surface area contributed by atoms with E-state index in [2.05, 4.69) is 27.6 Å². The van der Waals surface area contributed by atoms with Crippen molar-refractivity contribution in [3.63, 3.8) is 0 Å². The molecule has 3 rings (SSSR count). The Bertz CT molecular complexity index is 1040. The maximum Gasteiger partial charge on any atom is 0.269 e. The molecule has 1 heterocycles. The number of H-pyrrole nitrogens is 1. The van der Waals surface area contributed by atoms with Gasteiger partial charge < -0.3 is 4.98 Å². The monoisotopic (exact) mass is 434 g/mol. The zero-order valence-corrected chi connectivity index (χ0v) is 14.8. The Hall–Kier alpha value is -2.06. The topological polar surface area (TPSA) is 54.9 Å². The Kier molecular flexibility index (Phi) is 4.53. The third kappa shape index (κ3) is 3.32. The average molecular weight is 434 g/mol. The highest BCUT2D eigenvalue weighted by Crippen LogP contribution is 2.12. The number of halogens is 1. The number of aromatic amines is 1. The van der Waals surface area contributed by atoms with Crippen LogP contribution in [0, 0.1) is 8.34 Å². The predicted molar refractivity (Wildman–Crippen MR) is 102 cm³/mol. The average Bonchev–Trinajstić information content (AvgIpc) is 2.55. The summed E-state index contributed by atoms with van der Waals surface area (Å²) < 4.78 is 1.98. The Morgan fingerprint density at radius 2 is 1.91 bits per heavy atom. The van der Waals surface area contributed by atoms with E-state index in [0.29, 0.717) is 10.9 Å². The Morgan fingerprint density at radius 1 is 1.17 bits per heavy atom. The van der Waals surface area contributed by atoms with Gasteiger partial charge in [-0.3, -0.25) is 9.59 Å². The molecule has 4 nitrogen and oxygen atoms in total. The molecule has 6 heteroatoms. The highest BCUT2D eigenvalue weighted by Gasteiger charge is 2.10. The highest BCUT2D eigenvalue weighted by molar-refractivity contribution is 14.1. The molecule has 0 radical (unpaired) electrons. The predicted octanol–water partition coefficient (Wildman–Crippen LogP) is 4.02. The van der Waals surface area contributed by atoms with E-state index < -0.39 is 11.5 Å². The van der Waals surface area contributed by atoms with Crippen molar-refractivity contribution in [2.45, 2.75) is 0 Å². The molecule has 0 atom stereocenters. The molecule has 0 aliphatic heterocycles. The highest BCUT2D eigenvalue weighted by atomic mass is 127. The fraction of sp³-hybridized carbons (Fsp3) is 0. The van der Waals surface area contributed by atoms with E-state index in [9.17, 15) is 9.59 Å². The van der Waals surface area contributed by atoms with Crippen molar-refractivity contribution < 1.29 is 4.79 Å². The van der Waals surface area contributed by atoms with Crippen LogP contribution in [0.1, 0.15) is 10.4 Å². The second-order valence-corrected chi connectivity index (χ2v) is 6.48. The summed E-state index contributed by atoms with van der Waals surface area (Å²) in [5.41, 5.74) is 1.08. The number of nitrogens with one attached hydrogen (secondary N) is 1. The molecule has 0 unspecified atom stereocenters. The first-order valence-electron chi connectivity index (χ1n) is 6.78. The van der Waals surface area contributed by atoms with E-state index in [1.54, 1.807) is 18.2 Å². The summed E-state index contributed by atoms with van der Waals surface area (Å²) in [6.45, 7) is 0. The minimum Gasteiger partial charge on any atom is -0.331 e. The first-order chi connectivity index (χ1) is 11.1. The van der Waals surface area contributed by atoms with Gasteiger partial charge in [0.15, 0.2) is 4.77 Å². The number of aromatic nitrogens is 2. The van der Waals surface area contributed by atoms with Gasteiger partial charge in [0, 0.05) is 9.65 Å². The molecule has 0 aliphatic rings. The van der Waals surface area contributed by atoms with E-state index in [0.717, 1.165) is 13.7 Å². The molecule has 0 spiro atoms. The Labute approximate surface area is 150 Å². The number of carbonyl (C=O) groups is 1. The van der Waals surface area contributed by atoms with E-state index in [4.69, 9.17) is 12.2 Å². The van der Waals surface area contributed by atoms with E-state index >= 15 is 0 Å². The van der Waals surface area contributed by atoms with Crippen molar-refractivity contribution >= 4 is 57.7 Å². The lowest BCUT2D eigenvalue weighted by Gasteiger charge is -2.05. The third-order valence-corrected chi connectivity index (χ3v) is 4.25. The summed E-state index contributed by atoms with van der Waals surface area (Å²) in [5, 5.41) is 0.437. The van der Waals surface area contributed by atoms with Crippen LogP contribution >= 0.6 is 34.8 Å². The van der Waals surface area contributed by atoms with Gasteiger partial charge in [-0.25, -0.2) is 4.57 Å². The fourth-order valence-corrected chi connectivity index (χ4v) is 2.97. The summed E-state index contributed by atoms with van der Waals surface area (Å²) in [4.78, 5) is 27.9. The molecular weight excluding hydrogens is 423 g/mol. The lowest BCUT2D eigenvalue weighted by atomic mass is 10.2. The van der Waals surface area contributed by atoms with Gasteiger partial charge in [0.25, 0.3) is 11.5 Å². The molecule has 0 aliphatic carbocycles. The third-order valence-electron chi connectivity index (χ3n) is 3.30.